The van der Waals surface area contributed by atoms with Gasteiger partial charge in [0.2, 0.25) is 5.91 Å². The zero-order valence-electron chi connectivity index (χ0n) is 10.0. The summed E-state index contributed by atoms with van der Waals surface area (Å²) in [4.78, 5) is 11.0. The molecule has 1 aliphatic heterocycles. The number of hydrogen-bond donors (Lipinski definition) is 1. The molecule has 1 saturated heterocycles. The molecule has 0 spiro atoms. The molecular formula is C11H19F2NO2. The lowest BCUT2D eigenvalue weighted by atomic mass is 9.80. The zero-order chi connectivity index (χ0) is 12.5. The fourth-order valence-corrected chi connectivity index (χ4v) is 2.28. The molecule has 0 radical (unpaired) electrons. The van der Waals surface area contributed by atoms with Crippen LogP contribution in [0.15, 0.2) is 0 Å². The summed E-state index contributed by atoms with van der Waals surface area (Å²) in [7, 11) is 0. The quantitative estimate of drug-likeness (QED) is 0.792. The van der Waals surface area contributed by atoms with Crippen LogP contribution in [0.3, 0.4) is 0 Å². The van der Waals surface area contributed by atoms with Crippen molar-refractivity contribution in [1.29, 1.82) is 0 Å². The number of amides is 1. The Labute approximate surface area is 94.5 Å². The fraction of sp³-hybridized carbons (Fsp3) is 0.909. The number of rotatable bonds is 2. The lowest BCUT2D eigenvalue weighted by molar-refractivity contribution is -0.168. The van der Waals surface area contributed by atoms with Crippen LogP contribution < -0.4 is 5.32 Å². The molecular weight excluding hydrogens is 216 g/mol. The topological polar surface area (TPSA) is 38.3 Å². The van der Waals surface area contributed by atoms with E-state index in [1.54, 1.807) is 13.8 Å². The van der Waals surface area contributed by atoms with E-state index < -0.39 is 12.5 Å². The van der Waals surface area contributed by atoms with Gasteiger partial charge in [0.25, 0.3) is 6.43 Å². The summed E-state index contributed by atoms with van der Waals surface area (Å²) < 4.78 is 30.7. The van der Waals surface area contributed by atoms with E-state index in [2.05, 4.69) is 5.32 Å². The fourth-order valence-electron chi connectivity index (χ4n) is 2.28. The Kier molecular flexibility index (Phi) is 4.24. The summed E-state index contributed by atoms with van der Waals surface area (Å²) in [5, 5.41) is 2.76. The van der Waals surface area contributed by atoms with Crippen molar-refractivity contribution in [3.8, 4) is 0 Å². The predicted octanol–water partition coefficient (Wildman–Crippen LogP) is 1.82. The van der Waals surface area contributed by atoms with Gasteiger partial charge in [-0.1, -0.05) is 13.8 Å². The highest BCUT2D eigenvalue weighted by atomic mass is 19.3. The highest BCUT2D eigenvalue weighted by Crippen LogP contribution is 2.33. The van der Waals surface area contributed by atoms with Crippen molar-refractivity contribution in [2.24, 2.45) is 11.8 Å². The number of nitrogens with one attached hydrogen (secondary N) is 1. The minimum Gasteiger partial charge on any atom is -0.367 e. The van der Waals surface area contributed by atoms with Gasteiger partial charge in [0, 0.05) is 6.92 Å². The van der Waals surface area contributed by atoms with Crippen LogP contribution in [0.25, 0.3) is 0 Å². The second kappa shape index (κ2) is 5.08. The first kappa shape index (κ1) is 13.4. The third-order valence-electron chi connectivity index (χ3n) is 3.41. The molecule has 0 aromatic carbocycles. The van der Waals surface area contributed by atoms with Crippen molar-refractivity contribution >= 4 is 5.91 Å². The van der Waals surface area contributed by atoms with Gasteiger partial charge in [-0.2, -0.15) is 0 Å². The van der Waals surface area contributed by atoms with Crippen LogP contribution in [0.5, 0.6) is 0 Å². The molecule has 5 atom stereocenters. The maximum absolute atomic E-state index is 12.7. The first-order valence-electron chi connectivity index (χ1n) is 5.55. The first-order chi connectivity index (χ1) is 7.34. The third kappa shape index (κ3) is 2.70. The summed E-state index contributed by atoms with van der Waals surface area (Å²) in [6.45, 7) is 6.75. The molecule has 94 valence electrons. The average Bonchev–Trinajstić information content (AvgIpc) is 2.17. The molecule has 5 heteroatoms. The molecule has 1 heterocycles. The van der Waals surface area contributed by atoms with Crippen LogP contribution in [0.4, 0.5) is 8.78 Å². The molecule has 0 aromatic heterocycles. The Hall–Kier alpha value is -0.710. The van der Waals surface area contributed by atoms with E-state index in [0.717, 1.165) is 0 Å². The number of alkyl halides is 2. The molecule has 1 N–H and O–H groups in total. The lowest BCUT2D eigenvalue weighted by Crippen LogP contribution is -2.57. The maximum Gasteiger partial charge on any atom is 0.264 e. The maximum atomic E-state index is 12.7. The molecule has 16 heavy (non-hydrogen) atoms. The van der Waals surface area contributed by atoms with E-state index in [9.17, 15) is 13.6 Å². The summed E-state index contributed by atoms with van der Waals surface area (Å²) in [6, 6.07) is -0.192. The molecule has 0 aliphatic carbocycles. The monoisotopic (exact) mass is 235 g/mol. The van der Waals surface area contributed by atoms with Crippen molar-refractivity contribution in [3.63, 3.8) is 0 Å². The molecule has 1 aliphatic rings. The summed E-state index contributed by atoms with van der Waals surface area (Å²) in [6.07, 6.45) is -3.89. The molecule has 2 unspecified atom stereocenters. The Bertz CT molecular complexity index is 260. The Morgan fingerprint density at radius 3 is 2.25 bits per heavy atom. The van der Waals surface area contributed by atoms with Gasteiger partial charge in [0.1, 0.15) is 6.10 Å². The highest BCUT2D eigenvalue weighted by Gasteiger charge is 2.43. The molecule has 1 fully saturated rings. The number of halogens is 2. The smallest absolute Gasteiger partial charge is 0.264 e. The third-order valence-corrected chi connectivity index (χ3v) is 3.41. The van der Waals surface area contributed by atoms with Gasteiger partial charge in [0.15, 0.2) is 0 Å². The minimum atomic E-state index is -2.47. The zero-order valence-corrected chi connectivity index (χ0v) is 10.0. The van der Waals surface area contributed by atoms with Crippen molar-refractivity contribution in [3.05, 3.63) is 0 Å². The van der Waals surface area contributed by atoms with Gasteiger partial charge < -0.3 is 10.1 Å². The number of ether oxygens (including phenoxy) is 1. The Morgan fingerprint density at radius 1 is 1.25 bits per heavy atom. The van der Waals surface area contributed by atoms with Crippen LogP contribution in [0.2, 0.25) is 0 Å². The minimum absolute atomic E-state index is 0.0216. The predicted molar refractivity (Wildman–Crippen MR) is 56.3 cm³/mol. The molecule has 0 aromatic rings. The lowest BCUT2D eigenvalue weighted by Gasteiger charge is -2.43. The van der Waals surface area contributed by atoms with Gasteiger partial charge in [-0.25, -0.2) is 8.78 Å². The standard InChI is InChI=1S/C11H19F2NO2/c1-5-6(2)10(11(12)13)16-7(3)9(5)14-8(4)15/h5-7,9-11H,1-4H3,(H,14,15)/t5?,6-,7+,9-,10?/m0/s1. The van der Waals surface area contributed by atoms with Crippen molar-refractivity contribution in [2.75, 3.05) is 0 Å². The summed E-state index contributed by atoms with van der Waals surface area (Å²) in [5.74, 6) is -0.449. The van der Waals surface area contributed by atoms with Crippen LogP contribution in [-0.4, -0.2) is 30.6 Å². The van der Waals surface area contributed by atoms with Crippen LogP contribution in [0, 0.1) is 11.8 Å². The van der Waals surface area contributed by atoms with Crippen molar-refractivity contribution < 1.29 is 18.3 Å². The molecule has 1 rings (SSSR count). The molecule has 0 saturated carbocycles. The highest BCUT2D eigenvalue weighted by molar-refractivity contribution is 5.73. The van der Waals surface area contributed by atoms with E-state index in [1.165, 1.54) is 6.92 Å². The van der Waals surface area contributed by atoms with Gasteiger partial charge in [-0.3, -0.25) is 4.79 Å². The molecule has 0 bridgehead atoms. The van der Waals surface area contributed by atoms with Crippen molar-refractivity contribution in [1.82, 2.24) is 5.32 Å². The normalized spacial score (nSPS) is 39.8. The second-order valence-electron chi connectivity index (χ2n) is 4.58. The van der Waals surface area contributed by atoms with Gasteiger partial charge in [-0.15, -0.1) is 0 Å². The Morgan fingerprint density at radius 2 is 1.81 bits per heavy atom. The van der Waals surface area contributed by atoms with Crippen LogP contribution >= 0.6 is 0 Å². The number of carbonyl (C=O) groups is 1. The number of hydrogen-bond acceptors (Lipinski definition) is 2. The number of carbonyl (C=O) groups excluding carboxylic acids is 1. The SMILES string of the molecule is CC(=O)N[C@H]1C(C)[C@H](C)C(C(F)F)O[C@@H]1C. The first-order valence-corrected chi connectivity index (χ1v) is 5.55. The second-order valence-corrected chi connectivity index (χ2v) is 4.58. The van der Waals surface area contributed by atoms with E-state index in [-0.39, 0.29) is 29.9 Å². The van der Waals surface area contributed by atoms with Gasteiger partial charge >= 0.3 is 0 Å². The largest absolute Gasteiger partial charge is 0.367 e. The van der Waals surface area contributed by atoms with E-state index in [1.807, 2.05) is 6.92 Å². The van der Waals surface area contributed by atoms with E-state index >= 15 is 0 Å². The van der Waals surface area contributed by atoms with E-state index in [0.29, 0.717) is 0 Å². The molecule has 3 nitrogen and oxygen atoms in total. The average molecular weight is 235 g/mol. The van der Waals surface area contributed by atoms with Crippen LogP contribution in [-0.2, 0) is 9.53 Å². The molecule has 1 amide bonds. The summed E-state index contributed by atoms with van der Waals surface area (Å²) >= 11 is 0. The van der Waals surface area contributed by atoms with Gasteiger partial charge in [0.05, 0.1) is 12.1 Å². The van der Waals surface area contributed by atoms with E-state index in [4.69, 9.17) is 4.74 Å². The summed E-state index contributed by atoms with van der Waals surface area (Å²) in [5.41, 5.74) is 0. The Balaban J connectivity index is 2.75. The van der Waals surface area contributed by atoms with Crippen molar-refractivity contribution in [2.45, 2.75) is 52.4 Å². The van der Waals surface area contributed by atoms with Gasteiger partial charge in [-0.05, 0) is 18.8 Å². The van der Waals surface area contributed by atoms with Crippen LogP contribution in [0.1, 0.15) is 27.7 Å².